The van der Waals surface area contributed by atoms with Gasteiger partial charge in [0.15, 0.2) is 0 Å². The number of alkyl halides is 3. The fourth-order valence-electron chi connectivity index (χ4n) is 4.78. The van der Waals surface area contributed by atoms with Crippen LogP contribution in [0, 0.1) is 0 Å². The predicted molar refractivity (Wildman–Crippen MR) is 122 cm³/mol. The van der Waals surface area contributed by atoms with Crippen molar-refractivity contribution < 1.29 is 27.8 Å². The van der Waals surface area contributed by atoms with Gasteiger partial charge in [-0.3, -0.25) is 14.7 Å². The molecule has 0 amide bonds. The molecule has 0 radical (unpaired) electrons. The summed E-state index contributed by atoms with van der Waals surface area (Å²) in [5.74, 6) is -1.29. The molecule has 1 saturated heterocycles. The Kier molecular flexibility index (Phi) is 7.73. The molecule has 6 nitrogen and oxygen atoms in total. The van der Waals surface area contributed by atoms with Gasteiger partial charge in [-0.05, 0) is 62.3 Å². The summed E-state index contributed by atoms with van der Waals surface area (Å²) in [6, 6.07) is 7.70. The second-order valence-electron chi connectivity index (χ2n) is 8.89. The highest BCUT2D eigenvalue weighted by atomic mass is 19.4. The molecule has 1 unspecified atom stereocenters. The zero-order valence-electron chi connectivity index (χ0n) is 19.0. The number of nitrogens with one attached hydrogen (secondary N) is 1. The van der Waals surface area contributed by atoms with Crippen molar-refractivity contribution in [3.63, 3.8) is 0 Å². The quantitative estimate of drug-likeness (QED) is 0.510. The van der Waals surface area contributed by atoms with Gasteiger partial charge < -0.3 is 15.2 Å². The van der Waals surface area contributed by atoms with Crippen molar-refractivity contribution in [3.8, 4) is 0 Å². The first-order chi connectivity index (χ1) is 16.3. The molecule has 1 fully saturated rings. The van der Waals surface area contributed by atoms with Crippen molar-refractivity contribution in [1.29, 1.82) is 0 Å². The van der Waals surface area contributed by atoms with Gasteiger partial charge in [-0.15, -0.1) is 0 Å². The third-order valence-corrected chi connectivity index (χ3v) is 6.45. The molecule has 0 spiro atoms. The van der Waals surface area contributed by atoms with E-state index >= 15 is 0 Å². The Morgan fingerprint density at radius 2 is 2.06 bits per heavy atom. The largest absolute Gasteiger partial charge is 0.480 e. The van der Waals surface area contributed by atoms with E-state index in [0.29, 0.717) is 26.1 Å². The molecule has 9 heteroatoms. The second-order valence-corrected chi connectivity index (χ2v) is 8.89. The Bertz CT molecular complexity index is 999. The molecule has 34 heavy (non-hydrogen) atoms. The van der Waals surface area contributed by atoms with Gasteiger partial charge in [-0.2, -0.15) is 13.2 Å². The van der Waals surface area contributed by atoms with Gasteiger partial charge in [0.25, 0.3) is 0 Å². The third-order valence-electron chi connectivity index (χ3n) is 6.45. The normalized spacial score (nSPS) is 19.4. The molecule has 0 aliphatic carbocycles. The van der Waals surface area contributed by atoms with E-state index in [9.17, 15) is 23.1 Å². The highest BCUT2D eigenvalue weighted by Gasteiger charge is 2.40. The standard InChI is InChI=1S/C25H30F3N3O3/c26-25(27,28)20-8-2-1-7-19(20)23(24(32)33)31-14-12-18(16-31)34-15-4-3-6-17-10-11-21-22(30-17)9-5-13-29-21/h1-2,7-8,10-11,18,23,29H,3-6,9,12-16H2,(H,32,33)/t18-,23?/m1/s1. The van der Waals surface area contributed by atoms with Crippen LogP contribution < -0.4 is 5.32 Å². The molecule has 184 valence electrons. The molecule has 2 aliphatic rings. The number of benzene rings is 1. The van der Waals surface area contributed by atoms with Crippen LogP contribution in [0.3, 0.4) is 0 Å². The Hall–Kier alpha value is -2.65. The number of halogens is 3. The maximum atomic E-state index is 13.4. The number of anilines is 1. The number of hydrogen-bond donors (Lipinski definition) is 2. The molecule has 2 aliphatic heterocycles. The molecule has 2 atom stereocenters. The number of aryl methyl sites for hydroxylation is 2. The van der Waals surface area contributed by atoms with Crippen LogP contribution >= 0.6 is 0 Å². The average molecular weight is 478 g/mol. The average Bonchev–Trinajstić information content (AvgIpc) is 3.26. The van der Waals surface area contributed by atoms with Crippen LogP contribution in [0.5, 0.6) is 0 Å². The number of hydrogen-bond acceptors (Lipinski definition) is 5. The predicted octanol–water partition coefficient (Wildman–Crippen LogP) is 4.70. The van der Waals surface area contributed by atoms with E-state index < -0.39 is 23.8 Å². The summed E-state index contributed by atoms with van der Waals surface area (Å²) in [6.07, 6.45) is 0.526. The molecule has 1 aromatic heterocycles. The van der Waals surface area contributed by atoms with E-state index in [-0.39, 0.29) is 11.7 Å². The van der Waals surface area contributed by atoms with Gasteiger partial charge in [0.1, 0.15) is 6.04 Å². The molecule has 0 saturated carbocycles. The van der Waals surface area contributed by atoms with E-state index in [2.05, 4.69) is 17.4 Å². The second kappa shape index (κ2) is 10.7. The number of carboxylic acid groups (broad SMARTS) is 1. The van der Waals surface area contributed by atoms with Crippen LogP contribution in [0.15, 0.2) is 36.4 Å². The van der Waals surface area contributed by atoms with E-state index in [1.807, 2.05) is 0 Å². The summed E-state index contributed by atoms with van der Waals surface area (Å²) in [7, 11) is 0. The van der Waals surface area contributed by atoms with Gasteiger partial charge in [-0.25, -0.2) is 0 Å². The lowest BCUT2D eigenvalue weighted by atomic mass is 9.99. The Morgan fingerprint density at radius 1 is 1.24 bits per heavy atom. The number of unbranched alkanes of at least 4 members (excludes halogenated alkanes) is 1. The van der Waals surface area contributed by atoms with Crippen molar-refractivity contribution in [1.82, 2.24) is 9.88 Å². The first-order valence-electron chi connectivity index (χ1n) is 11.8. The SMILES string of the molecule is O=C(O)C(c1ccccc1C(F)(F)F)N1CC[C@@H](OCCCCc2ccc3c(n2)CCCN3)C1. The van der Waals surface area contributed by atoms with Crippen molar-refractivity contribution in [2.45, 2.75) is 56.8 Å². The minimum atomic E-state index is -4.61. The summed E-state index contributed by atoms with van der Waals surface area (Å²) in [4.78, 5) is 18.3. The molecule has 4 rings (SSSR count). The summed E-state index contributed by atoms with van der Waals surface area (Å²) in [5.41, 5.74) is 2.20. The fraction of sp³-hybridized carbons (Fsp3) is 0.520. The number of nitrogens with zero attached hydrogens (tertiary/aromatic N) is 2. The number of likely N-dealkylation sites (tertiary alicyclic amines) is 1. The Labute approximate surface area is 197 Å². The van der Waals surface area contributed by atoms with Crippen LogP contribution in [0.1, 0.15) is 54.2 Å². The summed E-state index contributed by atoms with van der Waals surface area (Å²) in [5, 5.41) is 13.1. The van der Waals surface area contributed by atoms with E-state index in [1.54, 1.807) is 4.90 Å². The molecule has 2 aromatic rings. The van der Waals surface area contributed by atoms with Crippen LogP contribution in [-0.4, -0.2) is 53.3 Å². The lowest BCUT2D eigenvalue weighted by Crippen LogP contribution is -2.34. The first-order valence-corrected chi connectivity index (χ1v) is 11.8. The van der Waals surface area contributed by atoms with Crippen LogP contribution in [0.4, 0.5) is 18.9 Å². The molecular formula is C25H30F3N3O3. The highest BCUT2D eigenvalue weighted by Crippen LogP contribution is 2.37. The lowest BCUT2D eigenvalue weighted by molar-refractivity contribution is -0.145. The fourth-order valence-corrected chi connectivity index (χ4v) is 4.78. The van der Waals surface area contributed by atoms with Crippen molar-refractivity contribution in [2.75, 3.05) is 31.6 Å². The first kappa shape index (κ1) is 24.5. The van der Waals surface area contributed by atoms with Gasteiger partial charge in [0.2, 0.25) is 0 Å². The van der Waals surface area contributed by atoms with E-state index in [4.69, 9.17) is 9.72 Å². The number of ether oxygens (including phenoxy) is 1. The number of aliphatic carboxylic acids is 1. The van der Waals surface area contributed by atoms with Crippen LogP contribution in [0.2, 0.25) is 0 Å². The summed E-state index contributed by atoms with van der Waals surface area (Å²) in [6.45, 7) is 2.19. The van der Waals surface area contributed by atoms with Crippen LogP contribution in [0.25, 0.3) is 0 Å². The van der Waals surface area contributed by atoms with Gasteiger partial charge in [0.05, 0.1) is 23.0 Å². The topological polar surface area (TPSA) is 74.7 Å². The maximum Gasteiger partial charge on any atom is 0.416 e. The van der Waals surface area contributed by atoms with Crippen LogP contribution in [-0.2, 0) is 28.5 Å². The monoisotopic (exact) mass is 477 g/mol. The Balaban J connectivity index is 1.26. The molecular weight excluding hydrogens is 447 g/mol. The number of fused-ring (bicyclic) bond motifs is 1. The van der Waals surface area contributed by atoms with Crippen molar-refractivity contribution in [3.05, 3.63) is 58.9 Å². The van der Waals surface area contributed by atoms with Gasteiger partial charge >= 0.3 is 12.1 Å². The van der Waals surface area contributed by atoms with Gasteiger partial charge in [-0.1, -0.05) is 18.2 Å². The molecule has 1 aromatic carbocycles. The Morgan fingerprint density at radius 3 is 2.85 bits per heavy atom. The lowest BCUT2D eigenvalue weighted by Gasteiger charge is -2.27. The molecule has 2 N–H and O–H groups in total. The van der Waals surface area contributed by atoms with E-state index in [0.717, 1.165) is 61.8 Å². The number of carboxylic acids is 1. The summed E-state index contributed by atoms with van der Waals surface area (Å²) < 4.78 is 46.2. The summed E-state index contributed by atoms with van der Waals surface area (Å²) >= 11 is 0. The van der Waals surface area contributed by atoms with Crippen molar-refractivity contribution in [2.24, 2.45) is 0 Å². The highest BCUT2D eigenvalue weighted by molar-refractivity contribution is 5.76. The van der Waals surface area contributed by atoms with Crippen molar-refractivity contribution >= 4 is 11.7 Å². The van der Waals surface area contributed by atoms with Gasteiger partial charge in [0, 0.05) is 31.9 Å². The zero-order chi connectivity index (χ0) is 24.1. The number of aromatic nitrogens is 1. The maximum absolute atomic E-state index is 13.4. The number of rotatable bonds is 9. The number of pyridine rings is 1. The smallest absolute Gasteiger partial charge is 0.416 e. The molecule has 0 bridgehead atoms. The minimum absolute atomic E-state index is 0.187. The van der Waals surface area contributed by atoms with E-state index in [1.165, 1.54) is 18.2 Å². The number of carbonyl (C=O) groups is 1. The molecule has 3 heterocycles. The third kappa shape index (κ3) is 5.88. The zero-order valence-corrected chi connectivity index (χ0v) is 19.0. The minimum Gasteiger partial charge on any atom is -0.480 e.